The third-order valence-corrected chi connectivity index (χ3v) is 4.70. The number of amides is 1. The van der Waals surface area contributed by atoms with E-state index in [9.17, 15) is 4.79 Å². The van der Waals surface area contributed by atoms with Crippen LogP contribution in [0.1, 0.15) is 50.8 Å². The number of rotatable bonds is 5. The van der Waals surface area contributed by atoms with Gasteiger partial charge in [0.1, 0.15) is 6.04 Å². The van der Waals surface area contributed by atoms with Crippen molar-refractivity contribution in [3.63, 3.8) is 0 Å². The topological polar surface area (TPSA) is 45.2 Å². The molecule has 1 aliphatic carbocycles. The van der Waals surface area contributed by atoms with Crippen LogP contribution in [-0.2, 0) is 10.2 Å². The molecule has 1 amide bonds. The summed E-state index contributed by atoms with van der Waals surface area (Å²) in [4.78, 5) is 19.1. The van der Waals surface area contributed by atoms with E-state index in [0.29, 0.717) is 6.04 Å². The molecule has 1 aromatic heterocycles. The van der Waals surface area contributed by atoms with Crippen molar-refractivity contribution in [3.8, 4) is 0 Å². The van der Waals surface area contributed by atoms with Crippen LogP contribution in [0.5, 0.6) is 0 Å². The summed E-state index contributed by atoms with van der Waals surface area (Å²) in [6.07, 6.45) is 5.67. The van der Waals surface area contributed by atoms with Crippen molar-refractivity contribution >= 4 is 11.6 Å². The second kappa shape index (κ2) is 6.87. The van der Waals surface area contributed by atoms with Crippen LogP contribution in [0.15, 0.2) is 48.8 Å². The number of benzene rings is 1. The predicted octanol–water partition coefficient (Wildman–Crippen LogP) is 3.84. The zero-order valence-electron chi connectivity index (χ0n) is 15.5. The molecule has 0 bridgehead atoms. The molecule has 1 heterocycles. The first-order valence-corrected chi connectivity index (χ1v) is 8.90. The molecule has 1 aromatic carbocycles. The molecule has 0 aliphatic heterocycles. The van der Waals surface area contributed by atoms with Gasteiger partial charge in [-0.15, -0.1) is 0 Å². The lowest BCUT2D eigenvalue weighted by molar-refractivity contribution is -0.122. The number of pyridine rings is 1. The summed E-state index contributed by atoms with van der Waals surface area (Å²) in [6, 6.07) is 12.3. The van der Waals surface area contributed by atoms with Crippen LogP contribution < -0.4 is 10.2 Å². The predicted molar refractivity (Wildman–Crippen MR) is 102 cm³/mol. The molecule has 4 heteroatoms. The van der Waals surface area contributed by atoms with Gasteiger partial charge in [-0.2, -0.15) is 0 Å². The minimum atomic E-state index is -0.380. The lowest BCUT2D eigenvalue weighted by Gasteiger charge is -2.30. The molecule has 3 rings (SSSR count). The Morgan fingerprint density at radius 1 is 1.20 bits per heavy atom. The Morgan fingerprint density at radius 3 is 2.40 bits per heavy atom. The molecule has 0 spiro atoms. The second-order valence-corrected chi connectivity index (χ2v) is 7.88. The normalized spacial score (nSPS) is 15.5. The molecule has 25 heavy (non-hydrogen) atoms. The Morgan fingerprint density at radius 2 is 1.88 bits per heavy atom. The van der Waals surface area contributed by atoms with Crippen molar-refractivity contribution in [2.24, 2.45) is 0 Å². The second-order valence-electron chi connectivity index (χ2n) is 7.88. The Kier molecular flexibility index (Phi) is 4.80. The van der Waals surface area contributed by atoms with E-state index < -0.39 is 0 Å². The molecule has 4 nitrogen and oxygen atoms in total. The third kappa shape index (κ3) is 4.19. The van der Waals surface area contributed by atoms with Gasteiger partial charge in [0, 0.05) is 36.7 Å². The van der Waals surface area contributed by atoms with Gasteiger partial charge < -0.3 is 10.2 Å². The lowest BCUT2D eigenvalue weighted by Crippen LogP contribution is -2.39. The third-order valence-electron chi connectivity index (χ3n) is 4.70. The minimum absolute atomic E-state index is 0.0397. The number of nitrogens with zero attached hydrogens (tertiary/aromatic N) is 2. The monoisotopic (exact) mass is 337 g/mol. The Labute approximate surface area is 150 Å². The number of carbonyl (C=O) groups is 1. The molecule has 132 valence electrons. The highest BCUT2D eigenvalue weighted by molar-refractivity contribution is 5.87. The molecule has 1 saturated carbocycles. The van der Waals surface area contributed by atoms with Crippen LogP contribution in [0, 0.1) is 0 Å². The van der Waals surface area contributed by atoms with Gasteiger partial charge in [-0.3, -0.25) is 9.78 Å². The quantitative estimate of drug-likeness (QED) is 0.902. The van der Waals surface area contributed by atoms with Crippen molar-refractivity contribution in [2.45, 2.75) is 51.1 Å². The maximum Gasteiger partial charge on any atom is 0.247 e. The van der Waals surface area contributed by atoms with E-state index in [1.54, 1.807) is 12.4 Å². The van der Waals surface area contributed by atoms with Crippen molar-refractivity contribution in [1.29, 1.82) is 0 Å². The van der Waals surface area contributed by atoms with Crippen LogP contribution in [0.4, 0.5) is 5.69 Å². The molecule has 1 aliphatic rings. The Hall–Kier alpha value is -2.36. The first-order chi connectivity index (χ1) is 11.9. The minimum Gasteiger partial charge on any atom is -0.359 e. The first kappa shape index (κ1) is 17.5. The highest BCUT2D eigenvalue weighted by atomic mass is 16.2. The largest absolute Gasteiger partial charge is 0.359 e. The van der Waals surface area contributed by atoms with Crippen molar-refractivity contribution in [3.05, 3.63) is 59.9 Å². The summed E-state index contributed by atoms with van der Waals surface area (Å²) >= 11 is 0. The van der Waals surface area contributed by atoms with Gasteiger partial charge in [0.25, 0.3) is 0 Å². The molecule has 2 aromatic rings. The molecular formula is C21H27N3O. The average molecular weight is 337 g/mol. The van der Waals surface area contributed by atoms with E-state index in [0.717, 1.165) is 24.1 Å². The molecule has 1 N–H and O–H groups in total. The summed E-state index contributed by atoms with van der Waals surface area (Å²) in [5.41, 5.74) is 3.32. The molecule has 1 fully saturated rings. The van der Waals surface area contributed by atoms with Crippen molar-refractivity contribution in [1.82, 2.24) is 10.3 Å². The summed E-state index contributed by atoms with van der Waals surface area (Å²) in [7, 11) is 1.97. The molecule has 1 atom stereocenters. The molecular weight excluding hydrogens is 310 g/mol. The van der Waals surface area contributed by atoms with E-state index in [-0.39, 0.29) is 17.4 Å². The molecule has 1 unspecified atom stereocenters. The van der Waals surface area contributed by atoms with Crippen LogP contribution in [0.2, 0.25) is 0 Å². The maximum absolute atomic E-state index is 12.9. The SMILES string of the molecule is CN(c1ccc(C(C)(C)C)cc1)C(C(=O)NC1CC1)c1cccnc1. The fourth-order valence-electron chi connectivity index (χ4n) is 2.94. The number of hydrogen-bond acceptors (Lipinski definition) is 3. The molecule has 0 saturated heterocycles. The first-order valence-electron chi connectivity index (χ1n) is 8.90. The van der Waals surface area contributed by atoms with Crippen LogP contribution >= 0.6 is 0 Å². The fourth-order valence-corrected chi connectivity index (χ4v) is 2.94. The zero-order chi connectivity index (χ0) is 18.0. The summed E-state index contributed by atoms with van der Waals surface area (Å²) in [5, 5.41) is 3.13. The summed E-state index contributed by atoms with van der Waals surface area (Å²) in [5.74, 6) is 0.0397. The van der Waals surface area contributed by atoms with E-state index in [2.05, 4.69) is 55.3 Å². The van der Waals surface area contributed by atoms with E-state index >= 15 is 0 Å². The number of likely N-dealkylation sites (N-methyl/N-ethyl adjacent to an activating group) is 1. The number of anilines is 1. The van der Waals surface area contributed by atoms with Crippen LogP contribution in [0.25, 0.3) is 0 Å². The number of nitrogens with one attached hydrogen (secondary N) is 1. The summed E-state index contributed by atoms with van der Waals surface area (Å²) < 4.78 is 0. The van der Waals surface area contributed by atoms with Gasteiger partial charge in [0.2, 0.25) is 5.91 Å². The maximum atomic E-state index is 12.9. The van der Waals surface area contributed by atoms with Gasteiger partial charge in [0.05, 0.1) is 0 Å². The van der Waals surface area contributed by atoms with E-state index in [4.69, 9.17) is 0 Å². The lowest BCUT2D eigenvalue weighted by atomic mass is 9.87. The standard InChI is InChI=1S/C21H27N3O/c1-21(2,3)16-7-11-18(12-8-16)24(4)19(15-6-5-13-22-14-15)20(25)23-17-9-10-17/h5-8,11-14,17,19H,9-10H2,1-4H3,(H,23,25). The van der Waals surface area contributed by atoms with E-state index in [1.807, 2.05) is 24.1 Å². The van der Waals surface area contributed by atoms with Crippen LogP contribution in [0.3, 0.4) is 0 Å². The summed E-state index contributed by atoms with van der Waals surface area (Å²) in [6.45, 7) is 6.60. The van der Waals surface area contributed by atoms with Gasteiger partial charge in [-0.25, -0.2) is 0 Å². The molecule has 0 radical (unpaired) electrons. The van der Waals surface area contributed by atoms with Gasteiger partial charge in [0.15, 0.2) is 0 Å². The number of aromatic nitrogens is 1. The average Bonchev–Trinajstić information content (AvgIpc) is 3.39. The smallest absolute Gasteiger partial charge is 0.247 e. The van der Waals surface area contributed by atoms with Crippen LogP contribution in [-0.4, -0.2) is 24.0 Å². The van der Waals surface area contributed by atoms with Crippen molar-refractivity contribution in [2.75, 3.05) is 11.9 Å². The van der Waals surface area contributed by atoms with E-state index in [1.165, 1.54) is 5.56 Å². The zero-order valence-corrected chi connectivity index (χ0v) is 15.5. The van der Waals surface area contributed by atoms with Gasteiger partial charge in [-0.1, -0.05) is 39.0 Å². The Bertz CT molecular complexity index is 715. The van der Waals surface area contributed by atoms with Crippen molar-refractivity contribution < 1.29 is 4.79 Å². The highest BCUT2D eigenvalue weighted by Crippen LogP contribution is 2.30. The highest BCUT2D eigenvalue weighted by Gasteiger charge is 2.31. The fraction of sp³-hybridized carbons (Fsp3) is 0.429. The van der Waals surface area contributed by atoms with Gasteiger partial charge >= 0.3 is 0 Å². The Balaban J connectivity index is 1.88. The van der Waals surface area contributed by atoms with Gasteiger partial charge in [-0.05, 0) is 42.0 Å². The number of hydrogen-bond donors (Lipinski definition) is 1. The number of carbonyl (C=O) groups excluding carboxylic acids is 1.